The van der Waals surface area contributed by atoms with Gasteiger partial charge in [-0.1, -0.05) is 18.2 Å². The van der Waals surface area contributed by atoms with Gasteiger partial charge >= 0.3 is 0 Å². The number of amides is 1. The van der Waals surface area contributed by atoms with Crippen LogP contribution in [-0.2, 0) is 21.8 Å². The fraction of sp³-hybridized carbons (Fsp3) is 0.500. The van der Waals surface area contributed by atoms with E-state index in [9.17, 15) is 13.2 Å². The molecule has 1 aliphatic carbocycles. The van der Waals surface area contributed by atoms with Gasteiger partial charge in [0.05, 0.1) is 5.69 Å². The molecule has 1 amide bonds. The van der Waals surface area contributed by atoms with Crippen molar-refractivity contribution in [2.75, 3.05) is 23.9 Å². The van der Waals surface area contributed by atoms with Crippen LogP contribution in [-0.4, -0.2) is 48.6 Å². The molecule has 8 heteroatoms. The van der Waals surface area contributed by atoms with Gasteiger partial charge in [0.25, 0.3) is 5.91 Å². The van der Waals surface area contributed by atoms with Crippen molar-refractivity contribution >= 4 is 21.6 Å². The van der Waals surface area contributed by atoms with Crippen molar-refractivity contribution in [2.45, 2.75) is 30.4 Å². The molecule has 2 fully saturated rings. The molecule has 3 heterocycles. The number of hydrogen-bond acceptors (Lipinski definition) is 4. The lowest BCUT2D eigenvalue weighted by molar-refractivity contribution is 0.0689. The summed E-state index contributed by atoms with van der Waals surface area (Å²) >= 11 is 0. The molecule has 1 saturated heterocycles. The van der Waals surface area contributed by atoms with Gasteiger partial charge < -0.3 is 4.90 Å². The maximum Gasteiger partial charge on any atom is 0.272 e. The molecule has 148 valence electrons. The Hall–Kier alpha value is -2.35. The molecule has 0 bridgehead atoms. The first kappa shape index (κ1) is 17.7. The highest BCUT2D eigenvalue weighted by Crippen LogP contribution is 2.53. The Labute approximate surface area is 165 Å². The summed E-state index contributed by atoms with van der Waals surface area (Å²) in [6.45, 7) is 1.43. The van der Waals surface area contributed by atoms with Crippen LogP contribution in [0, 0.1) is 5.92 Å². The largest absolute Gasteiger partial charge is 0.337 e. The van der Waals surface area contributed by atoms with E-state index in [1.54, 1.807) is 33.2 Å². The van der Waals surface area contributed by atoms with Gasteiger partial charge in [-0.05, 0) is 49.3 Å². The first-order valence-electron chi connectivity index (χ1n) is 9.83. The van der Waals surface area contributed by atoms with E-state index in [0.29, 0.717) is 44.1 Å². The van der Waals surface area contributed by atoms with Crippen LogP contribution in [0.4, 0.5) is 5.69 Å². The smallest absolute Gasteiger partial charge is 0.272 e. The van der Waals surface area contributed by atoms with E-state index in [2.05, 4.69) is 5.10 Å². The molecule has 0 atom stereocenters. The maximum atomic E-state index is 13.7. The van der Waals surface area contributed by atoms with Gasteiger partial charge in [-0.25, -0.2) is 8.42 Å². The van der Waals surface area contributed by atoms with Gasteiger partial charge in [-0.2, -0.15) is 5.10 Å². The predicted octanol–water partition coefficient (Wildman–Crippen LogP) is 2.11. The zero-order valence-electron chi connectivity index (χ0n) is 15.9. The third-order valence-corrected chi connectivity index (χ3v) is 9.01. The minimum absolute atomic E-state index is 0.0895. The molecule has 28 heavy (non-hydrogen) atoms. The summed E-state index contributed by atoms with van der Waals surface area (Å²) in [6, 6.07) is 9.42. The Morgan fingerprint density at radius 1 is 1.18 bits per heavy atom. The lowest BCUT2D eigenvalue weighted by Gasteiger charge is -2.39. The van der Waals surface area contributed by atoms with Gasteiger partial charge in [0, 0.05) is 32.9 Å². The lowest BCUT2D eigenvalue weighted by atomic mass is 9.87. The molecule has 1 aromatic heterocycles. The van der Waals surface area contributed by atoms with Crippen LogP contribution in [0.3, 0.4) is 0 Å². The summed E-state index contributed by atoms with van der Waals surface area (Å²) in [6.07, 6.45) is 4.67. The summed E-state index contributed by atoms with van der Waals surface area (Å²) in [5.74, 6) is 0.387. The minimum Gasteiger partial charge on any atom is -0.337 e. The van der Waals surface area contributed by atoms with Gasteiger partial charge in [0.2, 0.25) is 10.0 Å². The van der Waals surface area contributed by atoms with Crippen LogP contribution in [0.2, 0.25) is 0 Å². The van der Waals surface area contributed by atoms with E-state index < -0.39 is 14.8 Å². The van der Waals surface area contributed by atoms with Crippen LogP contribution in [0.5, 0.6) is 0 Å². The van der Waals surface area contributed by atoms with Crippen molar-refractivity contribution in [2.24, 2.45) is 13.0 Å². The van der Waals surface area contributed by atoms with E-state index in [4.69, 9.17) is 0 Å². The number of hydrogen-bond donors (Lipinski definition) is 0. The van der Waals surface area contributed by atoms with Gasteiger partial charge in [0.1, 0.15) is 10.4 Å². The summed E-state index contributed by atoms with van der Waals surface area (Å²) in [7, 11) is -1.76. The van der Waals surface area contributed by atoms with Crippen LogP contribution in [0.1, 0.15) is 41.7 Å². The standard InChI is InChI=1S/C20H24N4O3S/c1-22-18(8-11-21-22)19(25)23-12-9-20(10-13-23)16-4-2-3-5-17(16)24(28(20,26)27)14-15-6-7-15/h2-5,8,11,15H,6-7,9-10,12-14H2,1H3. The number of aromatic nitrogens is 2. The third kappa shape index (κ3) is 2.43. The topological polar surface area (TPSA) is 75.5 Å². The monoisotopic (exact) mass is 400 g/mol. The number of nitrogens with zero attached hydrogens (tertiary/aromatic N) is 4. The second kappa shape index (κ2) is 6.07. The normalized spacial score (nSPS) is 22.5. The van der Waals surface area contributed by atoms with Crippen LogP contribution in [0.25, 0.3) is 0 Å². The Kier molecular flexibility index (Phi) is 3.84. The lowest BCUT2D eigenvalue weighted by Crippen LogP contribution is -2.50. The molecule has 3 aliphatic rings. The van der Waals surface area contributed by atoms with Gasteiger partial charge in [-0.15, -0.1) is 0 Å². The average Bonchev–Trinajstić information content (AvgIpc) is 3.40. The molecule has 1 aromatic carbocycles. The molecular formula is C20H24N4O3S. The number of fused-ring (bicyclic) bond motifs is 2. The SMILES string of the molecule is Cn1nccc1C(=O)N1CCC2(CC1)c1ccccc1N(CC1CC1)S2(=O)=O. The van der Waals surface area contributed by atoms with Gasteiger partial charge in [-0.3, -0.25) is 13.8 Å². The fourth-order valence-corrected chi connectivity index (χ4v) is 7.03. The first-order valence-corrected chi connectivity index (χ1v) is 11.3. The second-order valence-electron chi connectivity index (χ2n) is 8.12. The molecule has 1 spiro atoms. The zero-order chi connectivity index (χ0) is 19.5. The van der Waals surface area contributed by atoms with Crippen molar-refractivity contribution in [1.29, 1.82) is 0 Å². The maximum absolute atomic E-state index is 13.7. The van der Waals surface area contributed by atoms with Crippen LogP contribution >= 0.6 is 0 Å². The average molecular weight is 401 g/mol. The number of rotatable bonds is 3. The molecule has 2 aromatic rings. The van der Waals surface area contributed by atoms with Crippen molar-refractivity contribution in [3.63, 3.8) is 0 Å². The number of sulfonamides is 1. The predicted molar refractivity (Wildman–Crippen MR) is 105 cm³/mol. The number of anilines is 1. The number of para-hydroxylation sites is 1. The molecule has 0 unspecified atom stereocenters. The van der Waals surface area contributed by atoms with Crippen molar-refractivity contribution in [3.8, 4) is 0 Å². The number of piperidine rings is 1. The highest BCUT2D eigenvalue weighted by atomic mass is 32.2. The van der Waals surface area contributed by atoms with E-state index in [-0.39, 0.29) is 5.91 Å². The number of benzene rings is 1. The molecule has 2 aliphatic heterocycles. The van der Waals surface area contributed by atoms with Gasteiger partial charge in [0.15, 0.2) is 0 Å². The second-order valence-corrected chi connectivity index (χ2v) is 10.3. The summed E-state index contributed by atoms with van der Waals surface area (Å²) in [5, 5.41) is 4.07. The molecule has 1 saturated carbocycles. The summed E-state index contributed by atoms with van der Waals surface area (Å²) in [5.41, 5.74) is 2.27. The number of carbonyl (C=O) groups is 1. The van der Waals surface area contributed by atoms with E-state index >= 15 is 0 Å². The number of carbonyl (C=O) groups excluding carboxylic acids is 1. The van der Waals surface area contributed by atoms with Crippen molar-refractivity contribution in [1.82, 2.24) is 14.7 Å². The van der Waals surface area contributed by atoms with Crippen molar-refractivity contribution in [3.05, 3.63) is 47.8 Å². The Morgan fingerprint density at radius 3 is 2.54 bits per heavy atom. The Bertz CT molecular complexity index is 1030. The highest BCUT2D eigenvalue weighted by Gasteiger charge is 2.57. The summed E-state index contributed by atoms with van der Waals surface area (Å²) in [4.78, 5) is 14.6. The molecular weight excluding hydrogens is 376 g/mol. The van der Waals surface area contributed by atoms with E-state index in [0.717, 1.165) is 24.1 Å². The minimum atomic E-state index is -3.50. The zero-order valence-corrected chi connectivity index (χ0v) is 16.7. The number of likely N-dealkylation sites (tertiary alicyclic amines) is 1. The Morgan fingerprint density at radius 2 is 1.89 bits per heavy atom. The molecule has 0 N–H and O–H groups in total. The number of aryl methyl sites for hydroxylation is 1. The van der Waals surface area contributed by atoms with Crippen LogP contribution < -0.4 is 4.31 Å². The molecule has 7 nitrogen and oxygen atoms in total. The molecule has 0 radical (unpaired) electrons. The van der Waals surface area contributed by atoms with Crippen LogP contribution in [0.15, 0.2) is 36.5 Å². The van der Waals surface area contributed by atoms with E-state index in [1.807, 2.05) is 24.3 Å². The first-order chi connectivity index (χ1) is 13.4. The quantitative estimate of drug-likeness (QED) is 0.791. The van der Waals surface area contributed by atoms with Crippen molar-refractivity contribution < 1.29 is 13.2 Å². The fourth-order valence-electron chi connectivity index (χ4n) is 4.63. The highest BCUT2D eigenvalue weighted by molar-refractivity contribution is 7.94. The Balaban J connectivity index is 1.46. The molecule has 5 rings (SSSR count). The summed E-state index contributed by atoms with van der Waals surface area (Å²) < 4.78 is 29.6. The third-order valence-electron chi connectivity index (χ3n) is 6.47. The van der Waals surface area contributed by atoms with E-state index in [1.165, 1.54) is 0 Å².